The molecule has 1 N–H and O–H groups in total. The molecule has 0 fully saturated rings. The van der Waals surface area contributed by atoms with Gasteiger partial charge in [-0.25, -0.2) is 0 Å². The fraction of sp³-hybridized carbons (Fsp3) is 0.913. The lowest BCUT2D eigenvalue weighted by atomic mass is 10.0. The number of rotatable bonds is 19. The number of carbonyl (C=O) groups excluding carboxylic acids is 2. The summed E-state index contributed by atoms with van der Waals surface area (Å²) in [5.41, 5.74) is 0. The molecule has 0 saturated carbocycles. The average molecular weight is 416 g/mol. The molecule has 0 amide bonds. The quantitative estimate of drug-likeness (QED) is 0.199. The fourth-order valence-electron chi connectivity index (χ4n) is 3.55. The van der Waals surface area contributed by atoms with Gasteiger partial charge in [-0.15, -0.1) is 0 Å². The Hall–Kier alpha value is -1.14. The van der Waals surface area contributed by atoms with Crippen LogP contribution in [0.3, 0.4) is 0 Å². The van der Waals surface area contributed by atoms with Gasteiger partial charge in [-0.05, 0) is 19.3 Å². The Balaban J connectivity index is 3.66. The Morgan fingerprint density at radius 3 is 1.90 bits per heavy atom. The van der Waals surface area contributed by atoms with Crippen LogP contribution < -0.4 is 5.11 Å². The number of unbranched alkanes of at least 4 members (excludes halogenated alkanes) is 8. The number of quaternary nitrogens is 1. The standard InChI is InChI=1S/C23H45NO5/c1-5-15-20(25)16-13-11-9-7-6-8-10-12-14-17-23(28)29-21(18-22(26)27)19-24(2,3)4/h20-21,25H,5-19H2,1-4H3. The minimum atomic E-state index is -1.19. The molecule has 0 heterocycles. The first kappa shape index (κ1) is 27.9. The number of likely N-dealkylation sites (N-methyl/N-ethyl adjacent to an activating group) is 1. The molecule has 0 aliphatic carbocycles. The molecule has 6 heteroatoms. The third kappa shape index (κ3) is 19.9. The van der Waals surface area contributed by atoms with Crippen LogP contribution in [-0.4, -0.2) is 61.4 Å². The van der Waals surface area contributed by atoms with Crippen molar-refractivity contribution in [3.8, 4) is 0 Å². The number of hydrogen-bond donors (Lipinski definition) is 1. The van der Waals surface area contributed by atoms with Crippen LogP contribution in [0.15, 0.2) is 0 Å². The number of carboxylic acids is 1. The van der Waals surface area contributed by atoms with Gasteiger partial charge in [-0.1, -0.05) is 64.7 Å². The number of aliphatic hydroxyl groups excluding tert-OH is 1. The predicted octanol–water partition coefficient (Wildman–Crippen LogP) is 3.20. The van der Waals surface area contributed by atoms with E-state index < -0.39 is 12.1 Å². The van der Waals surface area contributed by atoms with Crippen molar-refractivity contribution in [3.63, 3.8) is 0 Å². The SMILES string of the molecule is CCCC(O)CCCCCCCCCCCC(=O)OC(CC(=O)[O-])C[N+](C)(C)C. The third-order valence-electron chi connectivity index (χ3n) is 4.98. The number of ether oxygens (including phenoxy) is 1. The molecular formula is C23H45NO5. The van der Waals surface area contributed by atoms with E-state index in [0.717, 1.165) is 44.9 Å². The number of nitrogens with zero attached hydrogens (tertiary/aromatic N) is 1. The van der Waals surface area contributed by atoms with E-state index in [0.29, 0.717) is 17.4 Å². The highest BCUT2D eigenvalue weighted by Crippen LogP contribution is 2.14. The molecular weight excluding hydrogens is 370 g/mol. The molecule has 0 aromatic carbocycles. The second-order valence-electron chi connectivity index (χ2n) is 9.32. The van der Waals surface area contributed by atoms with Crippen LogP contribution in [0, 0.1) is 0 Å². The molecule has 0 aliphatic heterocycles. The summed E-state index contributed by atoms with van der Waals surface area (Å²) < 4.78 is 5.89. The zero-order valence-corrected chi connectivity index (χ0v) is 19.3. The van der Waals surface area contributed by atoms with Gasteiger partial charge in [0.2, 0.25) is 0 Å². The average Bonchev–Trinajstić information content (AvgIpc) is 2.57. The van der Waals surface area contributed by atoms with E-state index in [9.17, 15) is 19.8 Å². The number of carboxylic acid groups (broad SMARTS) is 1. The van der Waals surface area contributed by atoms with Crippen molar-refractivity contribution in [1.82, 2.24) is 0 Å². The topological polar surface area (TPSA) is 86.7 Å². The van der Waals surface area contributed by atoms with Crippen molar-refractivity contribution < 1.29 is 29.0 Å². The van der Waals surface area contributed by atoms with Gasteiger partial charge in [-0.2, -0.15) is 0 Å². The van der Waals surface area contributed by atoms with Crippen molar-refractivity contribution in [3.05, 3.63) is 0 Å². The second kappa shape index (κ2) is 16.6. The summed E-state index contributed by atoms with van der Waals surface area (Å²) in [6.07, 6.45) is 12.4. The van der Waals surface area contributed by atoms with Crippen LogP contribution >= 0.6 is 0 Å². The summed E-state index contributed by atoms with van der Waals surface area (Å²) in [4.78, 5) is 22.8. The Morgan fingerprint density at radius 2 is 1.41 bits per heavy atom. The van der Waals surface area contributed by atoms with Gasteiger partial charge >= 0.3 is 5.97 Å². The zero-order chi connectivity index (χ0) is 22.1. The van der Waals surface area contributed by atoms with Gasteiger partial charge in [0.05, 0.1) is 27.2 Å². The Morgan fingerprint density at radius 1 is 0.897 bits per heavy atom. The van der Waals surface area contributed by atoms with Crippen LogP contribution in [0.25, 0.3) is 0 Å². The number of esters is 1. The highest BCUT2D eigenvalue weighted by atomic mass is 16.5. The molecule has 0 rings (SSSR count). The number of carbonyl (C=O) groups is 2. The van der Waals surface area contributed by atoms with E-state index >= 15 is 0 Å². The van der Waals surface area contributed by atoms with E-state index in [1.54, 1.807) is 0 Å². The van der Waals surface area contributed by atoms with E-state index in [1.807, 2.05) is 21.1 Å². The smallest absolute Gasteiger partial charge is 0.306 e. The van der Waals surface area contributed by atoms with Crippen LogP contribution in [0.4, 0.5) is 0 Å². The van der Waals surface area contributed by atoms with Crippen molar-refractivity contribution in [2.45, 2.75) is 109 Å². The molecule has 0 radical (unpaired) electrons. The second-order valence-corrected chi connectivity index (χ2v) is 9.32. The predicted molar refractivity (Wildman–Crippen MR) is 114 cm³/mol. The third-order valence-corrected chi connectivity index (χ3v) is 4.98. The molecule has 0 bridgehead atoms. The lowest BCUT2D eigenvalue weighted by molar-refractivity contribution is -0.873. The molecule has 0 aromatic rings. The number of hydrogen-bond acceptors (Lipinski definition) is 5. The first-order valence-electron chi connectivity index (χ1n) is 11.5. The normalized spacial score (nSPS) is 13.8. The first-order chi connectivity index (χ1) is 13.6. The highest BCUT2D eigenvalue weighted by Gasteiger charge is 2.22. The maximum atomic E-state index is 12.0. The minimum absolute atomic E-state index is 0.115. The highest BCUT2D eigenvalue weighted by molar-refractivity contribution is 5.70. The van der Waals surface area contributed by atoms with Crippen LogP contribution in [0.5, 0.6) is 0 Å². The number of aliphatic carboxylic acids is 1. The molecule has 0 aromatic heterocycles. The molecule has 2 atom stereocenters. The van der Waals surface area contributed by atoms with E-state index in [4.69, 9.17) is 4.74 Å². The van der Waals surface area contributed by atoms with Crippen LogP contribution in [0.2, 0.25) is 0 Å². The summed E-state index contributed by atoms with van der Waals surface area (Å²) in [5, 5.41) is 20.5. The minimum Gasteiger partial charge on any atom is -0.550 e. The van der Waals surface area contributed by atoms with Gasteiger partial charge in [0.25, 0.3) is 0 Å². The Labute approximate surface area is 178 Å². The zero-order valence-electron chi connectivity index (χ0n) is 19.3. The lowest BCUT2D eigenvalue weighted by Crippen LogP contribution is -2.45. The van der Waals surface area contributed by atoms with Crippen LogP contribution in [-0.2, 0) is 14.3 Å². The first-order valence-corrected chi connectivity index (χ1v) is 11.5. The largest absolute Gasteiger partial charge is 0.550 e. The van der Waals surface area contributed by atoms with Gasteiger partial charge in [0.1, 0.15) is 6.54 Å². The summed E-state index contributed by atoms with van der Waals surface area (Å²) in [7, 11) is 5.81. The van der Waals surface area contributed by atoms with Crippen molar-refractivity contribution in [2.24, 2.45) is 0 Å². The van der Waals surface area contributed by atoms with E-state index in [2.05, 4.69) is 6.92 Å². The summed E-state index contributed by atoms with van der Waals surface area (Å²) >= 11 is 0. The van der Waals surface area contributed by atoms with Crippen LogP contribution in [0.1, 0.15) is 96.8 Å². The molecule has 0 saturated heterocycles. The maximum Gasteiger partial charge on any atom is 0.306 e. The van der Waals surface area contributed by atoms with E-state index in [1.165, 1.54) is 32.1 Å². The Kier molecular flexibility index (Phi) is 16.0. The number of aliphatic hydroxyl groups is 1. The molecule has 0 aliphatic rings. The summed E-state index contributed by atoms with van der Waals surface area (Å²) in [6.45, 7) is 2.56. The molecule has 6 nitrogen and oxygen atoms in total. The van der Waals surface area contributed by atoms with Gasteiger partial charge in [0, 0.05) is 18.8 Å². The molecule has 172 valence electrons. The lowest BCUT2D eigenvalue weighted by Gasteiger charge is -2.29. The van der Waals surface area contributed by atoms with Gasteiger partial charge in [-0.3, -0.25) is 4.79 Å². The maximum absolute atomic E-state index is 12.0. The van der Waals surface area contributed by atoms with Crippen molar-refractivity contribution >= 4 is 11.9 Å². The van der Waals surface area contributed by atoms with Crippen molar-refractivity contribution in [2.75, 3.05) is 27.7 Å². The molecule has 29 heavy (non-hydrogen) atoms. The fourth-order valence-corrected chi connectivity index (χ4v) is 3.55. The molecule has 0 spiro atoms. The van der Waals surface area contributed by atoms with E-state index in [-0.39, 0.29) is 18.5 Å². The summed E-state index contributed by atoms with van der Waals surface area (Å²) in [5.74, 6) is -1.50. The monoisotopic (exact) mass is 415 g/mol. The van der Waals surface area contributed by atoms with Crippen molar-refractivity contribution in [1.29, 1.82) is 0 Å². The summed E-state index contributed by atoms with van der Waals surface area (Å²) in [6, 6.07) is 0. The van der Waals surface area contributed by atoms with Gasteiger partial charge in [0.15, 0.2) is 6.10 Å². The molecule has 2 unspecified atom stereocenters. The Bertz CT molecular complexity index is 433. The van der Waals surface area contributed by atoms with Gasteiger partial charge < -0.3 is 24.2 Å².